The predicted octanol–water partition coefficient (Wildman–Crippen LogP) is 5.18. The van der Waals surface area contributed by atoms with Crippen LogP contribution in [0.5, 0.6) is 0 Å². The van der Waals surface area contributed by atoms with E-state index in [0.29, 0.717) is 12.5 Å². The Labute approximate surface area is 163 Å². The molecule has 3 aromatic heterocycles. The molecule has 7 heteroatoms. The number of benzene rings is 1. The van der Waals surface area contributed by atoms with E-state index in [9.17, 15) is 0 Å². The minimum absolute atomic E-state index is 0.310. The summed E-state index contributed by atoms with van der Waals surface area (Å²) in [4.78, 5) is 8.29. The van der Waals surface area contributed by atoms with Gasteiger partial charge in [-0.15, -0.1) is 0 Å². The summed E-state index contributed by atoms with van der Waals surface area (Å²) in [6.07, 6.45) is 0. The standard InChI is InChI=1S/C21H25N5O2/c1-10(2)21-23-18-8-15(19-12(4)26-28-14(19)6)7-17(20(18)24-21)22-9-16-11(3)25-27-13(16)5/h7-8,10,22H,9H2,1-6H3,(H,23,24). The highest BCUT2D eigenvalue weighted by Gasteiger charge is 2.18. The van der Waals surface area contributed by atoms with Gasteiger partial charge in [0.1, 0.15) is 22.9 Å². The number of fused-ring (bicyclic) bond motifs is 1. The van der Waals surface area contributed by atoms with E-state index in [4.69, 9.17) is 14.0 Å². The molecule has 0 aliphatic heterocycles. The zero-order valence-electron chi connectivity index (χ0n) is 17.1. The van der Waals surface area contributed by atoms with Crippen LogP contribution in [-0.2, 0) is 6.54 Å². The highest BCUT2D eigenvalue weighted by Crippen LogP contribution is 2.34. The maximum Gasteiger partial charge on any atom is 0.141 e. The van der Waals surface area contributed by atoms with Crippen molar-refractivity contribution in [1.82, 2.24) is 20.3 Å². The van der Waals surface area contributed by atoms with Crippen LogP contribution in [0, 0.1) is 27.7 Å². The van der Waals surface area contributed by atoms with Crippen molar-refractivity contribution in [2.75, 3.05) is 5.32 Å². The van der Waals surface area contributed by atoms with Crippen molar-refractivity contribution in [3.63, 3.8) is 0 Å². The van der Waals surface area contributed by atoms with Crippen LogP contribution in [0.3, 0.4) is 0 Å². The van der Waals surface area contributed by atoms with Crippen molar-refractivity contribution in [2.24, 2.45) is 0 Å². The molecule has 0 fully saturated rings. The number of hydrogen-bond acceptors (Lipinski definition) is 6. The van der Waals surface area contributed by atoms with Crippen LogP contribution in [0.2, 0.25) is 0 Å². The number of H-pyrrole nitrogens is 1. The topological polar surface area (TPSA) is 92.8 Å². The molecule has 0 aliphatic carbocycles. The van der Waals surface area contributed by atoms with Crippen LogP contribution in [0.4, 0.5) is 5.69 Å². The molecule has 0 radical (unpaired) electrons. The van der Waals surface area contributed by atoms with Crippen molar-refractivity contribution >= 4 is 16.7 Å². The van der Waals surface area contributed by atoms with Crippen LogP contribution in [-0.4, -0.2) is 20.3 Å². The lowest BCUT2D eigenvalue weighted by Crippen LogP contribution is -2.02. The Balaban J connectivity index is 1.82. The van der Waals surface area contributed by atoms with E-state index in [-0.39, 0.29) is 0 Å². The van der Waals surface area contributed by atoms with Gasteiger partial charge in [0.25, 0.3) is 0 Å². The number of aromatic nitrogens is 4. The van der Waals surface area contributed by atoms with Gasteiger partial charge >= 0.3 is 0 Å². The Bertz CT molecular complexity index is 1110. The molecule has 3 heterocycles. The number of aromatic amines is 1. The molecule has 0 amide bonds. The Morgan fingerprint density at radius 2 is 1.71 bits per heavy atom. The van der Waals surface area contributed by atoms with Gasteiger partial charge in [0.05, 0.1) is 22.6 Å². The molecular formula is C21H25N5O2. The Morgan fingerprint density at radius 1 is 1.00 bits per heavy atom. The Morgan fingerprint density at radius 3 is 2.32 bits per heavy atom. The van der Waals surface area contributed by atoms with Gasteiger partial charge in [-0.3, -0.25) is 0 Å². The first kappa shape index (κ1) is 18.3. The minimum atomic E-state index is 0.310. The monoisotopic (exact) mass is 379 g/mol. The molecule has 28 heavy (non-hydrogen) atoms. The lowest BCUT2D eigenvalue weighted by atomic mass is 10.0. The summed E-state index contributed by atoms with van der Waals surface area (Å²) in [6, 6.07) is 4.22. The quantitative estimate of drug-likeness (QED) is 0.496. The largest absolute Gasteiger partial charge is 0.379 e. The average Bonchev–Trinajstić information content (AvgIpc) is 3.31. The smallest absolute Gasteiger partial charge is 0.141 e. The fraction of sp³-hybridized carbons (Fsp3) is 0.381. The molecule has 146 valence electrons. The van der Waals surface area contributed by atoms with E-state index in [1.165, 1.54) is 0 Å². The number of aryl methyl sites for hydroxylation is 4. The lowest BCUT2D eigenvalue weighted by Gasteiger charge is -2.10. The molecule has 4 aromatic rings. The summed E-state index contributed by atoms with van der Waals surface area (Å²) in [5.41, 5.74) is 7.76. The number of nitrogens with one attached hydrogen (secondary N) is 2. The first-order valence-electron chi connectivity index (χ1n) is 9.47. The van der Waals surface area contributed by atoms with Gasteiger partial charge in [0.2, 0.25) is 0 Å². The van der Waals surface area contributed by atoms with Gasteiger partial charge in [0, 0.05) is 23.6 Å². The molecule has 0 saturated carbocycles. The Kier molecular flexibility index (Phi) is 4.45. The molecule has 0 spiro atoms. The van der Waals surface area contributed by atoms with Gasteiger partial charge < -0.3 is 19.3 Å². The third-order valence-electron chi connectivity index (χ3n) is 5.11. The van der Waals surface area contributed by atoms with Crippen LogP contribution in [0.25, 0.3) is 22.2 Å². The molecular weight excluding hydrogens is 354 g/mol. The second kappa shape index (κ2) is 6.82. The average molecular weight is 379 g/mol. The van der Waals surface area contributed by atoms with E-state index in [0.717, 1.165) is 62.1 Å². The maximum absolute atomic E-state index is 5.38. The van der Waals surface area contributed by atoms with Crippen LogP contribution < -0.4 is 5.32 Å². The summed E-state index contributed by atoms with van der Waals surface area (Å²) < 4.78 is 10.7. The number of rotatable bonds is 5. The first-order valence-corrected chi connectivity index (χ1v) is 9.47. The van der Waals surface area contributed by atoms with Crippen LogP contribution in [0.15, 0.2) is 21.2 Å². The van der Waals surface area contributed by atoms with Crippen LogP contribution in [0.1, 0.15) is 54.1 Å². The summed E-state index contributed by atoms with van der Waals surface area (Å²) in [5.74, 6) is 2.90. The number of hydrogen-bond donors (Lipinski definition) is 2. The maximum atomic E-state index is 5.38. The number of nitrogens with zero attached hydrogens (tertiary/aromatic N) is 3. The fourth-order valence-corrected chi connectivity index (χ4v) is 3.52. The molecule has 1 aromatic carbocycles. The Hall–Kier alpha value is -3.09. The van der Waals surface area contributed by atoms with Gasteiger partial charge in [-0.25, -0.2) is 4.98 Å². The van der Waals surface area contributed by atoms with Gasteiger partial charge in [-0.05, 0) is 45.4 Å². The van der Waals surface area contributed by atoms with Gasteiger partial charge in [-0.2, -0.15) is 0 Å². The van der Waals surface area contributed by atoms with Crippen molar-refractivity contribution in [3.05, 3.63) is 46.4 Å². The molecule has 7 nitrogen and oxygen atoms in total. The van der Waals surface area contributed by atoms with Crippen molar-refractivity contribution in [2.45, 2.75) is 54.0 Å². The molecule has 0 unspecified atom stereocenters. The lowest BCUT2D eigenvalue weighted by molar-refractivity contribution is 0.392. The van der Waals surface area contributed by atoms with E-state index in [1.54, 1.807) is 0 Å². The highest BCUT2D eigenvalue weighted by molar-refractivity contribution is 5.93. The second-order valence-corrected chi connectivity index (χ2v) is 7.55. The van der Waals surface area contributed by atoms with E-state index < -0.39 is 0 Å². The zero-order chi connectivity index (χ0) is 20.0. The summed E-state index contributed by atoms with van der Waals surface area (Å²) in [6.45, 7) is 12.6. The van der Waals surface area contributed by atoms with E-state index in [2.05, 4.69) is 46.6 Å². The fourth-order valence-electron chi connectivity index (χ4n) is 3.52. The summed E-state index contributed by atoms with van der Waals surface area (Å²) in [5, 5.41) is 11.7. The van der Waals surface area contributed by atoms with Crippen molar-refractivity contribution in [1.29, 1.82) is 0 Å². The van der Waals surface area contributed by atoms with Crippen molar-refractivity contribution < 1.29 is 9.05 Å². The summed E-state index contributed by atoms with van der Waals surface area (Å²) in [7, 11) is 0. The van der Waals surface area contributed by atoms with E-state index in [1.807, 2.05) is 27.7 Å². The SMILES string of the molecule is Cc1noc(C)c1CNc1cc(-c2c(C)noc2C)cc2[nH]c(C(C)C)nc12. The number of imidazole rings is 1. The minimum Gasteiger partial charge on any atom is -0.379 e. The molecule has 0 saturated heterocycles. The summed E-state index contributed by atoms with van der Waals surface area (Å²) >= 11 is 0. The molecule has 0 atom stereocenters. The van der Waals surface area contributed by atoms with E-state index >= 15 is 0 Å². The van der Waals surface area contributed by atoms with Gasteiger partial charge in [-0.1, -0.05) is 24.2 Å². The normalized spacial score (nSPS) is 11.7. The predicted molar refractivity (Wildman–Crippen MR) is 108 cm³/mol. The second-order valence-electron chi connectivity index (χ2n) is 7.55. The first-order chi connectivity index (χ1) is 13.3. The van der Waals surface area contributed by atoms with Crippen LogP contribution >= 0.6 is 0 Å². The zero-order valence-corrected chi connectivity index (χ0v) is 17.1. The molecule has 2 N–H and O–H groups in total. The van der Waals surface area contributed by atoms with Crippen molar-refractivity contribution in [3.8, 4) is 11.1 Å². The third kappa shape index (κ3) is 3.06. The van der Waals surface area contributed by atoms with Gasteiger partial charge in [0.15, 0.2) is 0 Å². The molecule has 0 aliphatic rings. The molecule has 4 rings (SSSR count). The molecule has 0 bridgehead atoms. The third-order valence-corrected chi connectivity index (χ3v) is 5.11. The highest BCUT2D eigenvalue weighted by atomic mass is 16.5. The number of anilines is 1.